The summed E-state index contributed by atoms with van der Waals surface area (Å²) in [5, 5.41) is 0. The van der Waals surface area contributed by atoms with E-state index in [1.807, 2.05) is 23.9 Å². The van der Waals surface area contributed by atoms with Crippen molar-refractivity contribution in [3.8, 4) is 0 Å². The van der Waals surface area contributed by atoms with Crippen LogP contribution in [0.4, 0.5) is 5.69 Å². The van der Waals surface area contributed by atoms with Crippen LogP contribution in [0, 0.1) is 0 Å². The highest BCUT2D eigenvalue weighted by atomic mass is 79.9. The Morgan fingerprint density at radius 2 is 1.79 bits per heavy atom. The molecule has 1 nitrogen and oxygen atoms in total. The van der Waals surface area contributed by atoms with Crippen LogP contribution in [0.15, 0.2) is 51.8 Å². The van der Waals surface area contributed by atoms with Gasteiger partial charge < -0.3 is 5.73 Å². The van der Waals surface area contributed by atoms with Crippen LogP contribution >= 0.6 is 27.7 Å². The second-order valence-corrected chi connectivity index (χ2v) is 6.67. The van der Waals surface area contributed by atoms with Gasteiger partial charge in [-0.05, 0) is 51.2 Å². The van der Waals surface area contributed by atoms with Crippen LogP contribution in [-0.2, 0) is 5.75 Å². The minimum absolute atomic E-state index is 0.585. The molecular weight excluding hydrogens is 318 g/mol. The van der Waals surface area contributed by atoms with E-state index >= 15 is 0 Å². The Labute approximate surface area is 127 Å². The van der Waals surface area contributed by atoms with Crippen molar-refractivity contribution in [1.29, 1.82) is 0 Å². The lowest BCUT2D eigenvalue weighted by molar-refractivity contribution is 0.865. The summed E-state index contributed by atoms with van der Waals surface area (Å²) in [6.45, 7) is 4.43. The lowest BCUT2D eigenvalue weighted by Gasteiger charge is -2.08. The average molecular weight is 336 g/mol. The largest absolute Gasteiger partial charge is 0.398 e. The smallest absolute Gasteiger partial charge is 0.0461 e. The zero-order valence-electron chi connectivity index (χ0n) is 11.2. The van der Waals surface area contributed by atoms with Crippen LogP contribution in [0.3, 0.4) is 0 Å². The van der Waals surface area contributed by atoms with E-state index in [0.717, 1.165) is 15.9 Å². The van der Waals surface area contributed by atoms with Gasteiger partial charge in [0.2, 0.25) is 0 Å². The lowest BCUT2D eigenvalue weighted by atomic mass is 10.0. The number of nitrogen functional groups attached to an aromatic ring is 1. The van der Waals surface area contributed by atoms with E-state index < -0.39 is 0 Å². The summed E-state index contributed by atoms with van der Waals surface area (Å²) in [5.41, 5.74) is 9.30. The topological polar surface area (TPSA) is 26.0 Å². The SMILES string of the molecule is CC(C)c1ccc(SCc2cccc(N)c2Br)cc1. The maximum Gasteiger partial charge on any atom is 0.0461 e. The average Bonchev–Trinajstić information content (AvgIpc) is 2.41. The maximum absolute atomic E-state index is 5.89. The highest BCUT2D eigenvalue weighted by Crippen LogP contribution is 2.30. The molecule has 0 aliphatic heterocycles. The standard InChI is InChI=1S/C16H18BrNS/c1-11(2)12-6-8-14(9-7-12)19-10-13-4-3-5-15(18)16(13)17/h3-9,11H,10,18H2,1-2H3. The number of thioether (sulfide) groups is 1. The fourth-order valence-corrected chi connectivity index (χ4v) is 3.30. The van der Waals surface area contributed by atoms with E-state index in [1.165, 1.54) is 16.0 Å². The molecule has 0 saturated heterocycles. The van der Waals surface area contributed by atoms with Gasteiger partial charge in [0, 0.05) is 20.8 Å². The molecule has 0 unspecified atom stereocenters. The minimum Gasteiger partial charge on any atom is -0.398 e. The van der Waals surface area contributed by atoms with Gasteiger partial charge in [-0.3, -0.25) is 0 Å². The summed E-state index contributed by atoms with van der Waals surface area (Å²) in [6, 6.07) is 14.8. The van der Waals surface area contributed by atoms with E-state index in [9.17, 15) is 0 Å². The van der Waals surface area contributed by atoms with Gasteiger partial charge in [-0.2, -0.15) is 0 Å². The number of halogens is 1. The second-order valence-electron chi connectivity index (χ2n) is 4.83. The van der Waals surface area contributed by atoms with E-state index in [-0.39, 0.29) is 0 Å². The van der Waals surface area contributed by atoms with Gasteiger partial charge in [0.05, 0.1) is 0 Å². The van der Waals surface area contributed by atoms with Gasteiger partial charge in [0.15, 0.2) is 0 Å². The van der Waals surface area contributed by atoms with Gasteiger partial charge >= 0.3 is 0 Å². The quantitative estimate of drug-likeness (QED) is 0.594. The molecule has 2 aromatic carbocycles. The molecule has 100 valence electrons. The van der Waals surface area contributed by atoms with Crippen molar-refractivity contribution in [2.75, 3.05) is 5.73 Å². The minimum atomic E-state index is 0.585. The Morgan fingerprint density at radius 1 is 1.11 bits per heavy atom. The second kappa shape index (κ2) is 6.49. The molecule has 0 fully saturated rings. The van der Waals surface area contributed by atoms with Crippen molar-refractivity contribution < 1.29 is 0 Å². The molecule has 0 aliphatic carbocycles. The summed E-state index contributed by atoms with van der Waals surface area (Å²) in [6.07, 6.45) is 0. The first-order chi connectivity index (χ1) is 9.08. The molecular formula is C16H18BrNS. The fraction of sp³-hybridized carbons (Fsp3) is 0.250. The van der Waals surface area contributed by atoms with E-state index in [4.69, 9.17) is 5.73 Å². The molecule has 0 saturated carbocycles. The number of rotatable bonds is 4. The first-order valence-electron chi connectivity index (χ1n) is 6.33. The Balaban J connectivity index is 2.04. The summed E-state index contributed by atoms with van der Waals surface area (Å²) < 4.78 is 1.02. The predicted molar refractivity (Wildman–Crippen MR) is 88.6 cm³/mol. The van der Waals surface area contributed by atoms with E-state index in [0.29, 0.717) is 5.92 Å². The Morgan fingerprint density at radius 3 is 2.42 bits per heavy atom. The molecule has 0 radical (unpaired) electrons. The zero-order valence-corrected chi connectivity index (χ0v) is 13.6. The summed E-state index contributed by atoms with van der Waals surface area (Å²) >= 11 is 5.38. The third-order valence-corrected chi connectivity index (χ3v) is 5.08. The molecule has 3 heteroatoms. The van der Waals surface area contributed by atoms with Gasteiger partial charge in [-0.25, -0.2) is 0 Å². The molecule has 0 aromatic heterocycles. The van der Waals surface area contributed by atoms with Crippen LogP contribution < -0.4 is 5.73 Å². The summed E-state index contributed by atoms with van der Waals surface area (Å²) in [5.74, 6) is 1.51. The zero-order chi connectivity index (χ0) is 13.8. The van der Waals surface area contributed by atoms with Crippen molar-refractivity contribution in [1.82, 2.24) is 0 Å². The molecule has 0 spiro atoms. The normalized spacial score (nSPS) is 10.9. The Hall–Kier alpha value is -0.930. The van der Waals surface area contributed by atoms with Crippen LogP contribution in [0.5, 0.6) is 0 Å². The monoisotopic (exact) mass is 335 g/mol. The number of nitrogens with two attached hydrogens (primary N) is 1. The number of benzene rings is 2. The van der Waals surface area contributed by atoms with Crippen molar-refractivity contribution in [2.45, 2.75) is 30.4 Å². The number of hydrogen-bond donors (Lipinski definition) is 1. The van der Waals surface area contributed by atoms with Crippen LogP contribution in [0.2, 0.25) is 0 Å². The van der Waals surface area contributed by atoms with Crippen LogP contribution in [0.25, 0.3) is 0 Å². The summed E-state index contributed by atoms with van der Waals surface area (Å²) in [7, 11) is 0. The predicted octanol–water partition coefficient (Wildman–Crippen LogP) is 5.45. The van der Waals surface area contributed by atoms with Crippen LogP contribution in [-0.4, -0.2) is 0 Å². The van der Waals surface area contributed by atoms with Crippen molar-refractivity contribution in [3.63, 3.8) is 0 Å². The molecule has 0 heterocycles. The molecule has 0 bridgehead atoms. The van der Waals surface area contributed by atoms with E-state index in [1.54, 1.807) is 0 Å². The maximum atomic E-state index is 5.89. The first kappa shape index (κ1) is 14.5. The first-order valence-corrected chi connectivity index (χ1v) is 8.11. The molecule has 0 atom stereocenters. The highest BCUT2D eigenvalue weighted by Gasteiger charge is 2.04. The third-order valence-electron chi connectivity index (χ3n) is 3.05. The van der Waals surface area contributed by atoms with Crippen molar-refractivity contribution in [2.24, 2.45) is 0 Å². The Bertz CT molecular complexity index is 549. The van der Waals surface area contributed by atoms with E-state index in [2.05, 4.69) is 60.1 Å². The molecule has 2 rings (SSSR count). The number of anilines is 1. The number of hydrogen-bond acceptors (Lipinski definition) is 2. The summed E-state index contributed by atoms with van der Waals surface area (Å²) in [4.78, 5) is 1.29. The van der Waals surface area contributed by atoms with Gasteiger partial charge in [0.25, 0.3) is 0 Å². The third kappa shape index (κ3) is 3.77. The lowest BCUT2D eigenvalue weighted by Crippen LogP contribution is -1.91. The Kier molecular flexibility index (Phi) is 4.94. The van der Waals surface area contributed by atoms with Crippen LogP contribution in [0.1, 0.15) is 30.9 Å². The molecule has 2 N–H and O–H groups in total. The molecule has 2 aromatic rings. The highest BCUT2D eigenvalue weighted by molar-refractivity contribution is 9.10. The molecule has 19 heavy (non-hydrogen) atoms. The van der Waals surface area contributed by atoms with Gasteiger partial charge in [-0.15, -0.1) is 11.8 Å². The van der Waals surface area contributed by atoms with Gasteiger partial charge in [0.1, 0.15) is 0 Å². The molecule has 0 aliphatic rings. The van der Waals surface area contributed by atoms with Gasteiger partial charge in [-0.1, -0.05) is 38.1 Å². The van der Waals surface area contributed by atoms with Crippen molar-refractivity contribution >= 4 is 33.4 Å². The molecule has 0 amide bonds. The fourth-order valence-electron chi connectivity index (χ4n) is 1.82. The van der Waals surface area contributed by atoms with Crippen molar-refractivity contribution in [3.05, 3.63) is 58.1 Å².